The second-order valence-corrected chi connectivity index (χ2v) is 22.3. The first kappa shape index (κ1) is 36.8. The number of rotatable bonds is 4. The first-order valence-electron chi connectivity index (χ1n) is 22.8. The molecule has 0 radical (unpaired) electrons. The number of fused-ring (bicyclic) bond motifs is 4. The van der Waals surface area contributed by atoms with Gasteiger partial charge in [0.2, 0.25) is 0 Å². The Bertz CT molecular complexity index is 2350. The van der Waals surface area contributed by atoms with E-state index >= 15 is 0 Å². The van der Waals surface area contributed by atoms with Gasteiger partial charge in [-0.1, -0.05) is 116 Å². The van der Waals surface area contributed by atoms with Crippen LogP contribution < -0.4 is 9.64 Å². The van der Waals surface area contributed by atoms with E-state index in [1.165, 1.54) is 119 Å². The van der Waals surface area contributed by atoms with Crippen LogP contribution in [0.2, 0.25) is 0 Å². The molecule has 4 bridgehead atoms. The van der Waals surface area contributed by atoms with E-state index in [9.17, 15) is 0 Å². The van der Waals surface area contributed by atoms with Gasteiger partial charge in [0.25, 0.3) is 0 Å². The third-order valence-corrected chi connectivity index (χ3v) is 17.0. The number of anilines is 3. The molecule has 0 saturated heterocycles. The van der Waals surface area contributed by atoms with Crippen molar-refractivity contribution < 1.29 is 4.74 Å². The minimum absolute atomic E-state index is 0.0378. The largest absolute Gasteiger partial charge is 0.457 e. The lowest BCUT2D eigenvalue weighted by molar-refractivity contribution is -0.0452. The monoisotopic (exact) mass is 765 g/mol. The van der Waals surface area contributed by atoms with E-state index < -0.39 is 0 Å². The molecule has 0 aromatic heterocycles. The maximum atomic E-state index is 7.13. The maximum absolute atomic E-state index is 7.13. The van der Waals surface area contributed by atoms with Crippen LogP contribution in [0.3, 0.4) is 0 Å². The minimum Gasteiger partial charge on any atom is -0.457 e. The van der Waals surface area contributed by atoms with Crippen molar-refractivity contribution in [3.05, 3.63) is 137 Å². The number of hydrogen-bond acceptors (Lipinski definition) is 2. The van der Waals surface area contributed by atoms with Crippen LogP contribution in [0.4, 0.5) is 17.1 Å². The lowest BCUT2D eigenvalue weighted by atomic mass is 9.41. The summed E-state index contributed by atoms with van der Waals surface area (Å²) in [6.45, 7) is 19.9. The summed E-state index contributed by atoms with van der Waals surface area (Å²) in [5.74, 6) is 5.11. The fourth-order valence-electron chi connectivity index (χ4n) is 14.1. The maximum Gasteiger partial charge on any atom is 0.131 e. The lowest BCUT2D eigenvalue weighted by Crippen LogP contribution is -2.57. The molecule has 298 valence electrons. The van der Waals surface area contributed by atoms with Gasteiger partial charge < -0.3 is 9.64 Å². The molecule has 2 heteroatoms. The molecule has 5 aromatic rings. The molecule has 0 N–H and O–H groups in total. The second kappa shape index (κ2) is 12.4. The van der Waals surface area contributed by atoms with Gasteiger partial charge in [-0.15, -0.1) is 0 Å². The highest BCUT2D eigenvalue weighted by Crippen LogP contribution is 2.69. The molecular formula is C56H63NO. The smallest absolute Gasteiger partial charge is 0.131 e. The predicted molar refractivity (Wildman–Crippen MR) is 241 cm³/mol. The van der Waals surface area contributed by atoms with Crippen LogP contribution in [-0.4, -0.2) is 0 Å². The molecule has 1 aliphatic heterocycles. The van der Waals surface area contributed by atoms with Crippen molar-refractivity contribution in [2.45, 2.75) is 140 Å². The third kappa shape index (κ3) is 5.21. The Hall–Kier alpha value is -4.30. The van der Waals surface area contributed by atoms with E-state index in [0.29, 0.717) is 11.8 Å². The zero-order valence-corrected chi connectivity index (χ0v) is 36.3. The molecule has 7 aliphatic rings. The summed E-state index contributed by atoms with van der Waals surface area (Å²) in [5.41, 5.74) is 15.7. The van der Waals surface area contributed by atoms with E-state index in [0.717, 1.165) is 23.3 Å². The summed E-state index contributed by atoms with van der Waals surface area (Å²) in [6.07, 6.45) is 11.5. The quantitative estimate of drug-likeness (QED) is 0.181. The van der Waals surface area contributed by atoms with Gasteiger partial charge in [-0.3, -0.25) is 0 Å². The fraction of sp³-hybridized carbons (Fsp3) is 0.464. The molecule has 12 rings (SSSR count). The normalized spacial score (nSPS) is 28.5. The van der Waals surface area contributed by atoms with E-state index in [1.807, 2.05) is 0 Å². The van der Waals surface area contributed by atoms with Gasteiger partial charge in [-0.05, 0) is 179 Å². The van der Waals surface area contributed by atoms with Crippen LogP contribution in [0.25, 0.3) is 11.1 Å². The van der Waals surface area contributed by atoms with Crippen LogP contribution in [0.1, 0.15) is 147 Å². The van der Waals surface area contributed by atoms with E-state index in [1.54, 1.807) is 0 Å². The zero-order chi connectivity index (χ0) is 40.0. The first-order chi connectivity index (χ1) is 27.7. The zero-order valence-electron chi connectivity index (χ0n) is 36.3. The molecule has 0 amide bonds. The number of hydrogen-bond donors (Lipinski definition) is 0. The van der Waals surface area contributed by atoms with Gasteiger partial charge in [-0.2, -0.15) is 0 Å². The highest BCUT2D eigenvalue weighted by molar-refractivity contribution is 5.85. The Labute approximate surface area is 348 Å². The Morgan fingerprint density at radius 3 is 1.50 bits per heavy atom. The van der Waals surface area contributed by atoms with Gasteiger partial charge in [0, 0.05) is 22.2 Å². The highest BCUT2D eigenvalue weighted by atomic mass is 16.5. The summed E-state index contributed by atoms with van der Waals surface area (Å²) >= 11 is 0. The minimum atomic E-state index is -0.0719. The molecule has 4 fully saturated rings. The molecule has 58 heavy (non-hydrogen) atoms. The Morgan fingerprint density at radius 1 is 0.448 bits per heavy atom. The second-order valence-electron chi connectivity index (χ2n) is 22.3. The summed E-state index contributed by atoms with van der Waals surface area (Å²) in [7, 11) is 0. The molecule has 2 nitrogen and oxygen atoms in total. The van der Waals surface area contributed by atoms with Gasteiger partial charge in [0.1, 0.15) is 11.5 Å². The molecule has 0 unspecified atom stereocenters. The average molecular weight is 766 g/mol. The Kier molecular flexibility index (Phi) is 7.84. The van der Waals surface area contributed by atoms with Crippen LogP contribution >= 0.6 is 0 Å². The lowest BCUT2D eigenvalue weighted by Gasteiger charge is -2.63. The first-order valence-corrected chi connectivity index (χ1v) is 22.8. The average Bonchev–Trinajstić information content (AvgIpc) is 3.20. The Morgan fingerprint density at radius 2 is 0.948 bits per heavy atom. The molecule has 0 atom stereocenters. The van der Waals surface area contributed by atoms with Crippen LogP contribution in [0.15, 0.2) is 103 Å². The number of ether oxygens (including phenoxy) is 1. The van der Waals surface area contributed by atoms with Crippen molar-refractivity contribution in [3.8, 4) is 22.6 Å². The molecule has 1 spiro atoms. The van der Waals surface area contributed by atoms with Crippen molar-refractivity contribution in [3.63, 3.8) is 0 Å². The Balaban J connectivity index is 1.19. The molecular weight excluding hydrogens is 703 g/mol. The molecule has 5 aromatic carbocycles. The van der Waals surface area contributed by atoms with Crippen molar-refractivity contribution in [2.24, 2.45) is 23.7 Å². The summed E-state index contributed by atoms with van der Waals surface area (Å²) in [5, 5.41) is 0. The van der Waals surface area contributed by atoms with Gasteiger partial charge >= 0.3 is 0 Å². The summed E-state index contributed by atoms with van der Waals surface area (Å²) in [4.78, 5) is 2.74. The predicted octanol–water partition coefficient (Wildman–Crippen LogP) is 15.4. The van der Waals surface area contributed by atoms with E-state index in [4.69, 9.17) is 4.74 Å². The highest BCUT2D eigenvalue weighted by Gasteiger charge is 2.61. The van der Waals surface area contributed by atoms with Crippen molar-refractivity contribution in [1.29, 1.82) is 0 Å². The standard InChI is InChI=1S/C56H63NO/c1-52(2)24-26-54(5,6)50-42(52)16-12-18-46(50)57(47-19-13-17-43-51(47)55(7,8)27-25-53(43,3)4)41-21-23-49-45(34-41)56(39-29-35-28-36(31-39)32-40(56)30-35)44-33-38(20-22-48(44)58-49)37-14-10-9-11-15-37/h9-23,33-36,39-40H,24-32H2,1-8H3. The van der Waals surface area contributed by atoms with Crippen molar-refractivity contribution in [1.82, 2.24) is 0 Å². The fourth-order valence-corrected chi connectivity index (χ4v) is 14.1. The van der Waals surface area contributed by atoms with Crippen LogP contribution in [0.5, 0.6) is 11.5 Å². The number of nitrogens with zero attached hydrogens (tertiary/aromatic N) is 1. The summed E-state index contributed by atoms with van der Waals surface area (Å²) in [6, 6.07) is 40.1. The topological polar surface area (TPSA) is 12.5 Å². The molecule has 6 aliphatic carbocycles. The SMILES string of the molecule is CC1(C)CCC(C)(C)c2c(N(c3ccc4c(c3)C3(c5cc(-c6ccccc6)ccc5O4)C4CC5CC(C4)CC3C5)c3cccc4c3C(C)(C)CCC4(C)C)cccc21. The summed E-state index contributed by atoms with van der Waals surface area (Å²) < 4.78 is 7.13. The third-order valence-electron chi connectivity index (χ3n) is 17.0. The van der Waals surface area contributed by atoms with E-state index in [-0.39, 0.29) is 27.1 Å². The number of benzene rings is 5. The molecule has 1 heterocycles. The van der Waals surface area contributed by atoms with Gasteiger partial charge in [0.05, 0.1) is 11.4 Å². The van der Waals surface area contributed by atoms with Gasteiger partial charge in [-0.25, -0.2) is 0 Å². The van der Waals surface area contributed by atoms with Crippen molar-refractivity contribution in [2.75, 3.05) is 4.90 Å². The van der Waals surface area contributed by atoms with Crippen LogP contribution in [0, 0.1) is 23.7 Å². The molecule has 4 saturated carbocycles. The van der Waals surface area contributed by atoms with Crippen molar-refractivity contribution >= 4 is 17.1 Å². The van der Waals surface area contributed by atoms with Crippen LogP contribution in [-0.2, 0) is 27.1 Å². The van der Waals surface area contributed by atoms with Gasteiger partial charge in [0.15, 0.2) is 0 Å². The van der Waals surface area contributed by atoms with E-state index in [2.05, 4.69) is 163 Å².